The molecule has 0 saturated carbocycles. The standard InChI is InChI=1S/C16H13BrClN5O2/c1-8-6-14(24)21-16(19-8)23-13(5-9(2)22-23)20-15(25)11-7-10(17)3-4-12(11)18/h3-7H,1-2H3,(H,20,25)(H,19,21,24). The molecule has 7 nitrogen and oxygen atoms in total. The molecule has 0 aliphatic heterocycles. The molecular weight excluding hydrogens is 410 g/mol. The zero-order valence-corrected chi connectivity index (χ0v) is 15.6. The monoisotopic (exact) mass is 421 g/mol. The fourth-order valence-electron chi connectivity index (χ4n) is 2.27. The van der Waals surface area contributed by atoms with Crippen LogP contribution in [0.15, 0.2) is 39.6 Å². The van der Waals surface area contributed by atoms with Crippen molar-refractivity contribution in [2.24, 2.45) is 0 Å². The summed E-state index contributed by atoms with van der Waals surface area (Å²) in [4.78, 5) is 31.1. The molecular formula is C16H13BrClN5O2. The minimum Gasteiger partial charge on any atom is -0.306 e. The molecule has 0 bridgehead atoms. The van der Waals surface area contributed by atoms with E-state index in [1.54, 1.807) is 38.1 Å². The minimum absolute atomic E-state index is 0.216. The van der Waals surface area contributed by atoms with Gasteiger partial charge in [0.05, 0.1) is 16.3 Å². The Kier molecular flexibility index (Phi) is 4.73. The van der Waals surface area contributed by atoms with Crippen LogP contribution in [0, 0.1) is 13.8 Å². The highest BCUT2D eigenvalue weighted by Crippen LogP contribution is 2.23. The third kappa shape index (κ3) is 3.80. The van der Waals surface area contributed by atoms with Gasteiger partial charge in [0.25, 0.3) is 11.5 Å². The van der Waals surface area contributed by atoms with E-state index < -0.39 is 5.91 Å². The van der Waals surface area contributed by atoms with Crippen LogP contribution in [0.1, 0.15) is 21.7 Å². The Hall–Kier alpha value is -2.45. The van der Waals surface area contributed by atoms with Crippen LogP contribution in [0.25, 0.3) is 5.95 Å². The number of aryl methyl sites for hydroxylation is 2. The van der Waals surface area contributed by atoms with Gasteiger partial charge in [-0.3, -0.25) is 14.6 Å². The fraction of sp³-hybridized carbons (Fsp3) is 0.125. The summed E-state index contributed by atoms with van der Waals surface area (Å²) in [6, 6.07) is 8.04. The van der Waals surface area contributed by atoms with Gasteiger partial charge in [-0.25, -0.2) is 4.98 Å². The van der Waals surface area contributed by atoms with E-state index in [4.69, 9.17) is 11.6 Å². The van der Waals surface area contributed by atoms with Crippen molar-refractivity contribution in [1.82, 2.24) is 19.7 Å². The molecule has 0 unspecified atom stereocenters. The van der Waals surface area contributed by atoms with Crippen LogP contribution in [-0.2, 0) is 0 Å². The van der Waals surface area contributed by atoms with Crippen molar-refractivity contribution in [3.05, 3.63) is 67.1 Å². The van der Waals surface area contributed by atoms with Crippen molar-refractivity contribution >= 4 is 39.3 Å². The smallest absolute Gasteiger partial charge is 0.258 e. The van der Waals surface area contributed by atoms with Gasteiger partial charge in [-0.05, 0) is 32.0 Å². The second-order valence-corrected chi connectivity index (χ2v) is 6.69. The predicted octanol–water partition coefficient (Wildman–Crippen LogP) is 3.24. The van der Waals surface area contributed by atoms with Crippen molar-refractivity contribution in [3.8, 4) is 5.95 Å². The average Bonchev–Trinajstić information content (AvgIpc) is 2.89. The van der Waals surface area contributed by atoms with E-state index in [1.807, 2.05) is 0 Å². The maximum Gasteiger partial charge on any atom is 0.258 e. The SMILES string of the molecule is Cc1cc(=O)[nH]c(-n2nc(C)cc2NC(=O)c2cc(Br)ccc2Cl)n1. The van der Waals surface area contributed by atoms with Crippen LogP contribution >= 0.6 is 27.5 Å². The number of anilines is 1. The molecule has 3 aromatic rings. The minimum atomic E-state index is -0.401. The molecule has 2 heterocycles. The zero-order valence-electron chi connectivity index (χ0n) is 13.3. The molecule has 1 aromatic carbocycles. The van der Waals surface area contributed by atoms with Gasteiger partial charge in [-0.2, -0.15) is 9.78 Å². The van der Waals surface area contributed by atoms with Crippen molar-refractivity contribution < 1.29 is 4.79 Å². The van der Waals surface area contributed by atoms with Crippen LogP contribution in [0.2, 0.25) is 5.02 Å². The van der Waals surface area contributed by atoms with Crippen LogP contribution in [0.3, 0.4) is 0 Å². The summed E-state index contributed by atoms with van der Waals surface area (Å²) < 4.78 is 2.10. The van der Waals surface area contributed by atoms with Crippen LogP contribution in [-0.4, -0.2) is 25.7 Å². The van der Waals surface area contributed by atoms with Gasteiger partial charge in [0.1, 0.15) is 5.82 Å². The molecule has 0 atom stereocenters. The number of hydrogen-bond donors (Lipinski definition) is 2. The lowest BCUT2D eigenvalue weighted by atomic mass is 10.2. The summed E-state index contributed by atoms with van der Waals surface area (Å²) >= 11 is 9.41. The molecule has 25 heavy (non-hydrogen) atoms. The highest BCUT2D eigenvalue weighted by molar-refractivity contribution is 9.10. The number of nitrogens with zero attached hydrogens (tertiary/aromatic N) is 3. The Morgan fingerprint density at radius 2 is 2.00 bits per heavy atom. The Morgan fingerprint density at radius 1 is 1.24 bits per heavy atom. The molecule has 2 N–H and O–H groups in total. The second-order valence-electron chi connectivity index (χ2n) is 5.37. The summed E-state index contributed by atoms with van der Waals surface area (Å²) in [5.41, 5.74) is 1.20. The summed E-state index contributed by atoms with van der Waals surface area (Å²) in [5, 5.41) is 7.35. The lowest BCUT2D eigenvalue weighted by Crippen LogP contribution is -2.19. The van der Waals surface area contributed by atoms with Crippen LogP contribution < -0.4 is 10.9 Å². The molecule has 0 saturated heterocycles. The highest BCUT2D eigenvalue weighted by Gasteiger charge is 2.16. The van der Waals surface area contributed by atoms with Gasteiger partial charge < -0.3 is 5.32 Å². The number of rotatable bonds is 3. The molecule has 1 amide bonds. The Labute approximate surface area is 156 Å². The van der Waals surface area contributed by atoms with E-state index in [9.17, 15) is 9.59 Å². The highest BCUT2D eigenvalue weighted by atomic mass is 79.9. The lowest BCUT2D eigenvalue weighted by molar-refractivity contribution is 0.102. The zero-order chi connectivity index (χ0) is 18.1. The van der Waals surface area contributed by atoms with Gasteiger partial charge in [-0.15, -0.1) is 0 Å². The first kappa shape index (κ1) is 17.4. The molecule has 0 radical (unpaired) electrons. The van der Waals surface area contributed by atoms with Gasteiger partial charge in [0.15, 0.2) is 0 Å². The maximum absolute atomic E-state index is 12.6. The number of carbonyl (C=O) groups is 1. The average molecular weight is 423 g/mol. The van der Waals surface area contributed by atoms with E-state index in [0.29, 0.717) is 27.8 Å². The van der Waals surface area contributed by atoms with Gasteiger partial charge >= 0.3 is 0 Å². The number of benzene rings is 1. The third-order valence-corrected chi connectivity index (χ3v) is 4.13. The third-order valence-electron chi connectivity index (χ3n) is 3.30. The second kappa shape index (κ2) is 6.81. The van der Waals surface area contributed by atoms with Crippen molar-refractivity contribution in [2.45, 2.75) is 13.8 Å². The number of aromatic nitrogens is 4. The van der Waals surface area contributed by atoms with Gasteiger partial charge in [0.2, 0.25) is 5.95 Å². The van der Waals surface area contributed by atoms with Gasteiger partial charge in [0, 0.05) is 22.3 Å². The molecule has 3 rings (SSSR count). The number of hydrogen-bond acceptors (Lipinski definition) is 4. The summed E-state index contributed by atoms with van der Waals surface area (Å²) in [6.07, 6.45) is 0. The number of aromatic amines is 1. The van der Waals surface area contributed by atoms with Crippen molar-refractivity contribution in [1.29, 1.82) is 0 Å². The summed E-state index contributed by atoms with van der Waals surface area (Å²) in [7, 11) is 0. The van der Waals surface area contributed by atoms with E-state index in [2.05, 4.69) is 36.3 Å². The Balaban J connectivity index is 2.00. The van der Waals surface area contributed by atoms with E-state index >= 15 is 0 Å². The topological polar surface area (TPSA) is 92.7 Å². The van der Waals surface area contributed by atoms with E-state index in [-0.39, 0.29) is 11.5 Å². The first-order valence-corrected chi connectivity index (χ1v) is 8.42. The van der Waals surface area contributed by atoms with E-state index in [0.717, 1.165) is 4.47 Å². The van der Waals surface area contributed by atoms with Crippen LogP contribution in [0.5, 0.6) is 0 Å². The number of nitrogens with one attached hydrogen (secondary N) is 2. The Morgan fingerprint density at radius 3 is 2.72 bits per heavy atom. The van der Waals surface area contributed by atoms with Crippen LogP contribution in [0.4, 0.5) is 5.82 Å². The van der Waals surface area contributed by atoms with Crippen molar-refractivity contribution in [2.75, 3.05) is 5.32 Å². The Bertz CT molecular complexity index is 1030. The quantitative estimate of drug-likeness (QED) is 0.678. The predicted molar refractivity (Wildman–Crippen MR) is 98.6 cm³/mol. The summed E-state index contributed by atoms with van der Waals surface area (Å²) in [6.45, 7) is 3.47. The summed E-state index contributed by atoms with van der Waals surface area (Å²) in [5.74, 6) is 0.184. The number of H-pyrrole nitrogens is 1. The lowest BCUT2D eigenvalue weighted by Gasteiger charge is -2.09. The molecule has 9 heteroatoms. The van der Waals surface area contributed by atoms with Crippen molar-refractivity contribution in [3.63, 3.8) is 0 Å². The molecule has 0 aliphatic carbocycles. The largest absolute Gasteiger partial charge is 0.306 e. The molecule has 2 aromatic heterocycles. The molecule has 0 aliphatic rings. The number of halogens is 2. The fourth-order valence-corrected chi connectivity index (χ4v) is 2.83. The van der Waals surface area contributed by atoms with E-state index in [1.165, 1.54) is 10.7 Å². The molecule has 128 valence electrons. The first-order chi connectivity index (χ1) is 11.8. The number of amides is 1. The molecule has 0 fully saturated rings. The first-order valence-electron chi connectivity index (χ1n) is 7.25. The molecule has 0 spiro atoms. The maximum atomic E-state index is 12.6. The normalized spacial score (nSPS) is 10.7. The van der Waals surface area contributed by atoms with Gasteiger partial charge in [-0.1, -0.05) is 27.5 Å². The number of carbonyl (C=O) groups excluding carboxylic acids is 1.